The number of benzene rings is 1. The number of aromatic nitrogens is 2. The molecule has 1 aromatic carbocycles. The number of para-hydroxylation sites is 2. The zero-order valence-corrected chi connectivity index (χ0v) is 13.8. The molecule has 3 rings (SSSR count). The van der Waals surface area contributed by atoms with Crippen LogP contribution >= 0.6 is 0 Å². The van der Waals surface area contributed by atoms with Gasteiger partial charge in [-0.05, 0) is 50.4 Å². The number of nitrogens with zero attached hydrogens (tertiary/aromatic N) is 3. The number of nitrogens with two attached hydrogens (primary N) is 1. The summed E-state index contributed by atoms with van der Waals surface area (Å²) in [5.41, 5.74) is 8.73. The fourth-order valence-electron chi connectivity index (χ4n) is 3.47. The fourth-order valence-corrected chi connectivity index (χ4v) is 3.47. The van der Waals surface area contributed by atoms with Gasteiger partial charge in [-0.1, -0.05) is 26.0 Å². The van der Waals surface area contributed by atoms with Gasteiger partial charge in [-0.15, -0.1) is 0 Å². The minimum Gasteiger partial charge on any atom is -0.325 e. The van der Waals surface area contributed by atoms with Crippen LogP contribution in [0.15, 0.2) is 24.3 Å². The predicted octanol–water partition coefficient (Wildman–Crippen LogP) is 3.18. The molecule has 1 saturated heterocycles. The molecule has 1 aromatic heterocycles. The van der Waals surface area contributed by atoms with Gasteiger partial charge in [-0.2, -0.15) is 0 Å². The number of hydrogen-bond acceptors (Lipinski definition) is 3. The Morgan fingerprint density at radius 2 is 1.86 bits per heavy atom. The van der Waals surface area contributed by atoms with E-state index >= 15 is 0 Å². The molecule has 1 fully saturated rings. The van der Waals surface area contributed by atoms with Crippen LogP contribution in [0.1, 0.15) is 45.0 Å². The van der Waals surface area contributed by atoms with Crippen LogP contribution in [0.3, 0.4) is 0 Å². The van der Waals surface area contributed by atoms with Crippen LogP contribution in [-0.2, 0) is 6.54 Å². The van der Waals surface area contributed by atoms with Crippen molar-refractivity contribution in [2.45, 2.75) is 45.7 Å². The van der Waals surface area contributed by atoms with E-state index in [0.29, 0.717) is 5.92 Å². The van der Waals surface area contributed by atoms with Crippen LogP contribution in [-0.4, -0.2) is 34.1 Å². The van der Waals surface area contributed by atoms with E-state index in [0.717, 1.165) is 30.9 Å². The normalized spacial score (nSPS) is 17.6. The molecule has 0 amide bonds. The molecule has 0 saturated carbocycles. The molecule has 0 aliphatic carbocycles. The third-order valence-corrected chi connectivity index (χ3v) is 4.58. The molecule has 0 bridgehead atoms. The van der Waals surface area contributed by atoms with E-state index in [1.165, 1.54) is 31.4 Å². The summed E-state index contributed by atoms with van der Waals surface area (Å²) in [6.45, 7) is 9.00. The molecule has 2 heterocycles. The highest BCUT2D eigenvalue weighted by molar-refractivity contribution is 5.76. The van der Waals surface area contributed by atoms with Gasteiger partial charge in [0, 0.05) is 13.1 Å². The standard InChI is InChI=1S/C18H28N4/c1-14(2)13-15(19)18-20-16-7-3-4-8-17(16)22(18)12-11-21-9-5-6-10-21/h3-4,7-8,14-15H,5-6,9-13,19H2,1-2H3. The van der Waals surface area contributed by atoms with Gasteiger partial charge in [-0.25, -0.2) is 4.98 Å². The molecule has 1 atom stereocenters. The second kappa shape index (κ2) is 6.80. The van der Waals surface area contributed by atoms with Crippen LogP contribution in [0.25, 0.3) is 11.0 Å². The van der Waals surface area contributed by atoms with Crippen LogP contribution in [0.5, 0.6) is 0 Å². The van der Waals surface area contributed by atoms with Crippen molar-refractivity contribution >= 4 is 11.0 Å². The summed E-state index contributed by atoms with van der Waals surface area (Å²) in [5.74, 6) is 1.64. The number of fused-ring (bicyclic) bond motifs is 1. The molecule has 4 heteroatoms. The number of likely N-dealkylation sites (tertiary alicyclic amines) is 1. The summed E-state index contributed by atoms with van der Waals surface area (Å²) >= 11 is 0. The van der Waals surface area contributed by atoms with Crippen LogP contribution in [0, 0.1) is 5.92 Å². The molecule has 2 N–H and O–H groups in total. The van der Waals surface area contributed by atoms with Crippen molar-refractivity contribution in [2.24, 2.45) is 11.7 Å². The van der Waals surface area contributed by atoms with Gasteiger partial charge in [0.1, 0.15) is 5.82 Å². The molecular weight excluding hydrogens is 272 g/mol. The first-order valence-corrected chi connectivity index (χ1v) is 8.58. The lowest BCUT2D eigenvalue weighted by molar-refractivity contribution is 0.320. The van der Waals surface area contributed by atoms with E-state index in [2.05, 4.69) is 47.6 Å². The van der Waals surface area contributed by atoms with Gasteiger partial charge in [-0.3, -0.25) is 0 Å². The SMILES string of the molecule is CC(C)CC(N)c1nc2ccccc2n1CCN1CCCC1. The van der Waals surface area contributed by atoms with Gasteiger partial charge >= 0.3 is 0 Å². The number of imidazole rings is 1. The van der Waals surface area contributed by atoms with Gasteiger partial charge in [0.25, 0.3) is 0 Å². The summed E-state index contributed by atoms with van der Waals surface area (Å²) in [5, 5.41) is 0. The van der Waals surface area contributed by atoms with E-state index in [4.69, 9.17) is 10.7 Å². The molecule has 22 heavy (non-hydrogen) atoms. The largest absolute Gasteiger partial charge is 0.325 e. The minimum atomic E-state index is 0.0194. The van der Waals surface area contributed by atoms with E-state index in [9.17, 15) is 0 Å². The van der Waals surface area contributed by atoms with E-state index in [1.807, 2.05) is 0 Å². The Morgan fingerprint density at radius 3 is 2.59 bits per heavy atom. The third-order valence-electron chi connectivity index (χ3n) is 4.58. The molecule has 2 aromatic rings. The van der Waals surface area contributed by atoms with Gasteiger partial charge < -0.3 is 15.2 Å². The number of hydrogen-bond donors (Lipinski definition) is 1. The lowest BCUT2D eigenvalue weighted by Gasteiger charge is -2.19. The van der Waals surface area contributed by atoms with E-state index in [1.54, 1.807) is 0 Å². The summed E-state index contributed by atoms with van der Waals surface area (Å²) in [6, 6.07) is 8.42. The Bertz CT molecular complexity index is 611. The van der Waals surface area contributed by atoms with Crippen molar-refractivity contribution in [2.75, 3.05) is 19.6 Å². The van der Waals surface area contributed by atoms with E-state index < -0.39 is 0 Å². The summed E-state index contributed by atoms with van der Waals surface area (Å²) in [6.07, 6.45) is 3.65. The van der Waals surface area contributed by atoms with Gasteiger partial charge in [0.05, 0.1) is 17.1 Å². The lowest BCUT2D eigenvalue weighted by Crippen LogP contribution is -2.26. The molecule has 0 radical (unpaired) electrons. The average molecular weight is 300 g/mol. The van der Waals surface area contributed by atoms with Crippen molar-refractivity contribution in [1.82, 2.24) is 14.5 Å². The first-order chi connectivity index (χ1) is 10.6. The minimum absolute atomic E-state index is 0.0194. The molecule has 1 aliphatic heterocycles. The second-order valence-electron chi connectivity index (χ2n) is 6.90. The Morgan fingerprint density at radius 1 is 1.14 bits per heavy atom. The zero-order chi connectivity index (χ0) is 15.5. The smallest absolute Gasteiger partial charge is 0.126 e. The molecular formula is C18H28N4. The molecule has 1 unspecified atom stereocenters. The Labute approximate surface area is 133 Å². The third kappa shape index (κ3) is 3.33. The Hall–Kier alpha value is -1.39. The Balaban J connectivity index is 1.86. The van der Waals surface area contributed by atoms with Crippen LogP contribution in [0.4, 0.5) is 0 Å². The second-order valence-corrected chi connectivity index (χ2v) is 6.90. The van der Waals surface area contributed by atoms with Crippen molar-refractivity contribution in [1.29, 1.82) is 0 Å². The van der Waals surface area contributed by atoms with E-state index in [-0.39, 0.29) is 6.04 Å². The van der Waals surface area contributed by atoms with Crippen LogP contribution < -0.4 is 5.73 Å². The van der Waals surface area contributed by atoms with Crippen LogP contribution in [0.2, 0.25) is 0 Å². The summed E-state index contributed by atoms with van der Waals surface area (Å²) in [4.78, 5) is 7.38. The maximum atomic E-state index is 6.45. The fraction of sp³-hybridized carbons (Fsp3) is 0.611. The Kier molecular flexibility index (Phi) is 4.79. The van der Waals surface area contributed by atoms with Gasteiger partial charge in [0.2, 0.25) is 0 Å². The van der Waals surface area contributed by atoms with Crippen molar-refractivity contribution in [3.8, 4) is 0 Å². The molecule has 120 valence electrons. The maximum absolute atomic E-state index is 6.45. The van der Waals surface area contributed by atoms with Crippen molar-refractivity contribution in [3.63, 3.8) is 0 Å². The highest BCUT2D eigenvalue weighted by atomic mass is 15.2. The summed E-state index contributed by atoms with van der Waals surface area (Å²) < 4.78 is 2.35. The number of rotatable bonds is 6. The lowest BCUT2D eigenvalue weighted by atomic mass is 10.0. The first kappa shape index (κ1) is 15.5. The quantitative estimate of drug-likeness (QED) is 0.891. The highest BCUT2D eigenvalue weighted by Gasteiger charge is 2.19. The monoisotopic (exact) mass is 300 g/mol. The maximum Gasteiger partial charge on any atom is 0.126 e. The summed E-state index contributed by atoms with van der Waals surface area (Å²) in [7, 11) is 0. The zero-order valence-electron chi connectivity index (χ0n) is 13.8. The molecule has 1 aliphatic rings. The van der Waals surface area contributed by atoms with Crippen molar-refractivity contribution in [3.05, 3.63) is 30.1 Å². The topological polar surface area (TPSA) is 47.1 Å². The first-order valence-electron chi connectivity index (χ1n) is 8.58. The molecule has 4 nitrogen and oxygen atoms in total. The average Bonchev–Trinajstić information content (AvgIpc) is 3.11. The molecule has 0 spiro atoms. The predicted molar refractivity (Wildman–Crippen MR) is 91.8 cm³/mol. The highest BCUT2D eigenvalue weighted by Crippen LogP contribution is 2.24. The van der Waals surface area contributed by atoms with Gasteiger partial charge in [0.15, 0.2) is 0 Å². The van der Waals surface area contributed by atoms with Crippen molar-refractivity contribution < 1.29 is 0 Å².